The number of aliphatic carboxylic acids is 1. The molecule has 3 N–H and O–H groups in total. The fourth-order valence-electron chi connectivity index (χ4n) is 1.35. The summed E-state index contributed by atoms with van der Waals surface area (Å²) in [5.74, 6) is -1.66. The molecule has 0 fully saturated rings. The number of rotatable bonds is 3. The minimum Gasteiger partial charge on any atom is -0.478 e. The number of H-pyrrole nitrogens is 1. The number of amides is 1. The summed E-state index contributed by atoms with van der Waals surface area (Å²) in [4.78, 5) is 21.5. The lowest BCUT2D eigenvalue weighted by Crippen LogP contribution is -2.08. The third-order valence-electron chi connectivity index (χ3n) is 2.09. The molecule has 0 aliphatic rings. The SMILES string of the molecule is O=C(O)C=CC(=O)Nc1ccc2cn[nH]c2c1. The highest BCUT2D eigenvalue weighted by Gasteiger charge is 2.01. The molecule has 2 rings (SSSR count). The molecule has 0 bridgehead atoms. The number of nitrogens with zero attached hydrogens (tertiary/aromatic N) is 1. The number of carboxylic acid groups (broad SMARTS) is 1. The van der Waals surface area contributed by atoms with Gasteiger partial charge in [0.2, 0.25) is 5.91 Å². The summed E-state index contributed by atoms with van der Waals surface area (Å²) in [6, 6.07) is 5.23. The fraction of sp³-hybridized carbons (Fsp3) is 0. The van der Waals surface area contributed by atoms with Crippen LogP contribution in [0.2, 0.25) is 0 Å². The van der Waals surface area contributed by atoms with Crippen LogP contribution in [0, 0.1) is 0 Å². The molecule has 1 aromatic heterocycles. The molecule has 6 nitrogen and oxygen atoms in total. The van der Waals surface area contributed by atoms with Gasteiger partial charge in [-0.1, -0.05) is 0 Å². The first-order chi connectivity index (χ1) is 8.15. The van der Waals surface area contributed by atoms with E-state index in [-0.39, 0.29) is 0 Å². The summed E-state index contributed by atoms with van der Waals surface area (Å²) in [5, 5.41) is 18.5. The van der Waals surface area contributed by atoms with Gasteiger partial charge in [0.1, 0.15) is 0 Å². The lowest BCUT2D eigenvalue weighted by molar-refractivity contribution is -0.131. The zero-order valence-corrected chi connectivity index (χ0v) is 8.68. The van der Waals surface area contributed by atoms with Crippen molar-refractivity contribution in [3.8, 4) is 0 Å². The molecule has 0 saturated heterocycles. The normalized spacial score (nSPS) is 10.8. The second-order valence-corrected chi connectivity index (χ2v) is 3.33. The minimum atomic E-state index is -1.16. The minimum absolute atomic E-state index is 0.494. The molecule has 0 unspecified atom stereocenters. The third-order valence-corrected chi connectivity index (χ3v) is 2.09. The monoisotopic (exact) mass is 231 g/mol. The highest BCUT2D eigenvalue weighted by Crippen LogP contribution is 2.16. The van der Waals surface area contributed by atoms with Crippen molar-refractivity contribution in [2.75, 3.05) is 5.32 Å². The number of hydrogen-bond donors (Lipinski definition) is 3. The van der Waals surface area contributed by atoms with Crippen LogP contribution in [0.1, 0.15) is 0 Å². The van der Waals surface area contributed by atoms with Gasteiger partial charge < -0.3 is 10.4 Å². The van der Waals surface area contributed by atoms with Gasteiger partial charge in [-0.15, -0.1) is 0 Å². The molecule has 1 amide bonds. The van der Waals surface area contributed by atoms with Gasteiger partial charge in [0.05, 0.1) is 11.7 Å². The number of carboxylic acids is 1. The van der Waals surface area contributed by atoms with Gasteiger partial charge in [-0.25, -0.2) is 4.79 Å². The molecule has 0 aliphatic heterocycles. The molecule has 1 aromatic carbocycles. The molecule has 17 heavy (non-hydrogen) atoms. The first-order valence-electron chi connectivity index (χ1n) is 4.80. The standard InChI is InChI=1S/C11H9N3O3/c15-10(3-4-11(16)17)13-8-2-1-7-6-12-14-9(7)5-8/h1-6H,(H,12,14)(H,13,15)(H,16,17). The molecular formula is C11H9N3O3. The lowest BCUT2D eigenvalue weighted by atomic mass is 10.2. The predicted octanol–water partition coefficient (Wildman–Crippen LogP) is 1.14. The van der Waals surface area contributed by atoms with E-state index in [1.165, 1.54) is 0 Å². The van der Waals surface area contributed by atoms with Crippen molar-refractivity contribution in [3.05, 3.63) is 36.5 Å². The maximum Gasteiger partial charge on any atom is 0.328 e. The van der Waals surface area contributed by atoms with E-state index in [1.54, 1.807) is 24.4 Å². The van der Waals surface area contributed by atoms with E-state index in [4.69, 9.17) is 5.11 Å². The maximum absolute atomic E-state index is 11.3. The van der Waals surface area contributed by atoms with Gasteiger partial charge in [-0.05, 0) is 18.2 Å². The molecule has 0 saturated carbocycles. The Morgan fingerprint density at radius 2 is 2.18 bits per heavy atom. The molecular weight excluding hydrogens is 222 g/mol. The van der Waals surface area contributed by atoms with E-state index in [0.717, 1.165) is 23.1 Å². The number of nitrogens with one attached hydrogen (secondary N) is 2. The van der Waals surface area contributed by atoms with Crippen molar-refractivity contribution in [2.45, 2.75) is 0 Å². The van der Waals surface area contributed by atoms with Crippen LogP contribution in [-0.4, -0.2) is 27.2 Å². The summed E-state index contributed by atoms with van der Waals surface area (Å²) in [5.41, 5.74) is 1.37. The van der Waals surface area contributed by atoms with E-state index in [1.807, 2.05) is 0 Å². The van der Waals surface area contributed by atoms with Gasteiger partial charge >= 0.3 is 5.97 Å². The van der Waals surface area contributed by atoms with Crippen molar-refractivity contribution in [3.63, 3.8) is 0 Å². The van der Waals surface area contributed by atoms with E-state index in [9.17, 15) is 9.59 Å². The predicted molar refractivity (Wildman–Crippen MR) is 61.5 cm³/mol. The average Bonchev–Trinajstić information content (AvgIpc) is 2.73. The van der Waals surface area contributed by atoms with Crippen LogP contribution in [-0.2, 0) is 9.59 Å². The second-order valence-electron chi connectivity index (χ2n) is 3.33. The quantitative estimate of drug-likeness (QED) is 0.690. The Morgan fingerprint density at radius 1 is 1.35 bits per heavy atom. The Balaban J connectivity index is 2.12. The van der Waals surface area contributed by atoms with Crippen molar-refractivity contribution in [1.29, 1.82) is 0 Å². The number of carbonyl (C=O) groups excluding carboxylic acids is 1. The zero-order chi connectivity index (χ0) is 12.3. The number of anilines is 1. The summed E-state index contributed by atoms with van der Waals surface area (Å²) in [7, 11) is 0. The molecule has 0 radical (unpaired) electrons. The van der Waals surface area contributed by atoms with Gasteiger partial charge in [-0.2, -0.15) is 5.10 Å². The van der Waals surface area contributed by atoms with Crippen LogP contribution in [0.25, 0.3) is 10.9 Å². The number of carbonyl (C=O) groups is 2. The van der Waals surface area contributed by atoms with Gasteiger partial charge in [-0.3, -0.25) is 9.89 Å². The summed E-state index contributed by atoms with van der Waals surface area (Å²) < 4.78 is 0. The number of hydrogen-bond acceptors (Lipinski definition) is 3. The number of aromatic amines is 1. The molecule has 1 heterocycles. The Hall–Kier alpha value is -2.63. The zero-order valence-electron chi connectivity index (χ0n) is 8.68. The van der Waals surface area contributed by atoms with Crippen LogP contribution in [0.4, 0.5) is 5.69 Å². The van der Waals surface area contributed by atoms with Crippen LogP contribution < -0.4 is 5.32 Å². The molecule has 86 valence electrons. The lowest BCUT2D eigenvalue weighted by Gasteiger charge is -2.01. The van der Waals surface area contributed by atoms with Crippen molar-refractivity contribution in [2.24, 2.45) is 0 Å². The highest BCUT2D eigenvalue weighted by molar-refractivity contribution is 6.03. The van der Waals surface area contributed by atoms with Gasteiger partial charge in [0.25, 0.3) is 0 Å². The fourth-order valence-corrected chi connectivity index (χ4v) is 1.35. The molecule has 0 aliphatic carbocycles. The Kier molecular flexibility index (Phi) is 2.87. The highest BCUT2D eigenvalue weighted by atomic mass is 16.4. The Labute approximate surface area is 95.9 Å². The molecule has 0 atom stereocenters. The van der Waals surface area contributed by atoms with Crippen LogP contribution in [0.3, 0.4) is 0 Å². The summed E-state index contributed by atoms with van der Waals surface area (Å²) in [6.07, 6.45) is 3.41. The average molecular weight is 231 g/mol. The number of aromatic nitrogens is 2. The third kappa shape index (κ3) is 2.69. The Morgan fingerprint density at radius 3 is 2.94 bits per heavy atom. The maximum atomic E-state index is 11.3. The van der Waals surface area contributed by atoms with Crippen molar-refractivity contribution in [1.82, 2.24) is 10.2 Å². The first-order valence-corrected chi connectivity index (χ1v) is 4.80. The molecule has 6 heteroatoms. The van der Waals surface area contributed by atoms with Crippen LogP contribution >= 0.6 is 0 Å². The van der Waals surface area contributed by atoms with Gasteiger partial charge in [0, 0.05) is 23.2 Å². The largest absolute Gasteiger partial charge is 0.478 e. The van der Waals surface area contributed by atoms with E-state index >= 15 is 0 Å². The number of fused-ring (bicyclic) bond motifs is 1. The molecule has 0 spiro atoms. The van der Waals surface area contributed by atoms with Crippen molar-refractivity contribution < 1.29 is 14.7 Å². The summed E-state index contributed by atoms with van der Waals surface area (Å²) in [6.45, 7) is 0. The van der Waals surface area contributed by atoms with Crippen molar-refractivity contribution >= 4 is 28.5 Å². The van der Waals surface area contributed by atoms with Crippen LogP contribution in [0.15, 0.2) is 36.5 Å². The van der Waals surface area contributed by atoms with Gasteiger partial charge in [0.15, 0.2) is 0 Å². The smallest absolute Gasteiger partial charge is 0.328 e. The van der Waals surface area contributed by atoms with E-state index in [2.05, 4.69) is 15.5 Å². The van der Waals surface area contributed by atoms with E-state index in [0.29, 0.717) is 5.69 Å². The molecule has 2 aromatic rings. The first kappa shape index (κ1) is 10.9. The van der Waals surface area contributed by atoms with Crippen LogP contribution in [0.5, 0.6) is 0 Å². The second kappa shape index (κ2) is 4.48. The van der Waals surface area contributed by atoms with E-state index < -0.39 is 11.9 Å². The number of benzene rings is 1. The Bertz CT molecular complexity index is 601. The topological polar surface area (TPSA) is 95.1 Å². The summed E-state index contributed by atoms with van der Waals surface area (Å²) >= 11 is 0.